The molecule has 0 aromatic rings. The molecular weight excluding hydrogens is 317 g/mol. The normalized spacial score (nSPS) is 19.5. The Bertz CT molecular complexity index is 258. The third-order valence-electron chi connectivity index (χ3n) is 3.43. The molecule has 0 saturated heterocycles. The molecular formula is C17H24BFeNO2. The fourth-order valence-corrected chi connectivity index (χ4v) is 2.32. The van der Waals surface area contributed by atoms with Crippen LogP contribution < -0.4 is 10.0 Å². The second-order valence-corrected chi connectivity index (χ2v) is 5.66. The van der Waals surface area contributed by atoms with Gasteiger partial charge in [0.2, 0.25) is 0 Å². The standard InChI is InChI=1S/C12H19BNO2.C5H5.Fe/c1-9(2)14(10(3)4)8-11-6-5-7-12(11)13(15)16;1-2-4-5-3-1;/h5-7,9-10H,8H2,1-4H3;1-5H;/q-2;;+2. The van der Waals surface area contributed by atoms with Crippen molar-refractivity contribution in [1.29, 1.82) is 0 Å². The van der Waals surface area contributed by atoms with Crippen LogP contribution in [0.3, 0.4) is 0 Å². The molecule has 3 nitrogen and oxygen atoms in total. The van der Waals surface area contributed by atoms with Crippen LogP contribution in [0.2, 0.25) is 0 Å². The van der Waals surface area contributed by atoms with Crippen molar-refractivity contribution < 1.29 is 27.1 Å². The van der Waals surface area contributed by atoms with Crippen LogP contribution in [0.25, 0.3) is 0 Å². The second kappa shape index (κ2) is 11.9. The van der Waals surface area contributed by atoms with E-state index < -0.39 is 7.12 Å². The van der Waals surface area contributed by atoms with Gasteiger partial charge in [0.1, 0.15) is 0 Å². The first kappa shape index (κ1) is 22.5. The third-order valence-corrected chi connectivity index (χ3v) is 3.43. The summed E-state index contributed by atoms with van der Waals surface area (Å²) in [5.41, 5.74) is 0. The Labute approximate surface area is 148 Å². The summed E-state index contributed by atoms with van der Waals surface area (Å²) in [4.78, 5) is 2.27. The molecule has 5 heteroatoms. The first-order valence-corrected chi connectivity index (χ1v) is 7.42. The maximum atomic E-state index is 11.0. The van der Waals surface area contributed by atoms with E-state index in [1.807, 2.05) is 38.5 Å². The van der Waals surface area contributed by atoms with E-state index in [-0.39, 0.29) is 17.1 Å². The monoisotopic (exact) mass is 341 g/mol. The van der Waals surface area contributed by atoms with E-state index in [2.05, 4.69) is 32.6 Å². The van der Waals surface area contributed by atoms with Crippen molar-refractivity contribution in [3.05, 3.63) is 63.1 Å². The zero-order chi connectivity index (χ0) is 15.8. The smallest absolute Gasteiger partial charge is 0.893 e. The second-order valence-electron chi connectivity index (χ2n) is 5.66. The van der Waals surface area contributed by atoms with Crippen molar-refractivity contribution >= 4 is 7.12 Å². The maximum Gasteiger partial charge on any atom is 2.00 e. The van der Waals surface area contributed by atoms with Crippen molar-refractivity contribution in [2.24, 2.45) is 0 Å². The van der Waals surface area contributed by atoms with E-state index in [0.717, 1.165) is 5.92 Å². The van der Waals surface area contributed by atoms with Gasteiger partial charge in [-0.25, -0.2) is 0 Å². The molecule has 10 radical (unpaired) electrons. The molecule has 2 aliphatic carbocycles. The average molecular weight is 341 g/mol. The number of hydrogen-bond acceptors (Lipinski definition) is 3. The molecule has 120 valence electrons. The Morgan fingerprint density at radius 3 is 1.68 bits per heavy atom. The molecule has 0 amide bonds. The molecule has 2 saturated carbocycles. The molecule has 0 aromatic heterocycles. The van der Waals surface area contributed by atoms with Crippen LogP contribution in [-0.2, 0) is 17.1 Å². The summed E-state index contributed by atoms with van der Waals surface area (Å²) in [7, 11) is -1.87. The fraction of sp³-hybridized carbons (Fsp3) is 0.412. The minimum Gasteiger partial charge on any atom is -0.893 e. The van der Waals surface area contributed by atoms with Gasteiger partial charge in [-0.15, -0.1) is 7.12 Å². The predicted molar refractivity (Wildman–Crippen MR) is 83.6 cm³/mol. The summed E-state index contributed by atoms with van der Waals surface area (Å²) in [5, 5.41) is 21.9. The summed E-state index contributed by atoms with van der Waals surface area (Å²) in [6.07, 6.45) is 15.3. The van der Waals surface area contributed by atoms with Crippen LogP contribution in [0, 0.1) is 63.1 Å². The van der Waals surface area contributed by atoms with E-state index >= 15 is 0 Å². The molecule has 0 spiro atoms. The molecule has 0 N–H and O–H groups in total. The van der Waals surface area contributed by atoms with Gasteiger partial charge < -0.3 is 10.0 Å². The first-order valence-electron chi connectivity index (χ1n) is 7.42. The zero-order valence-electron chi connectivity index (χ0n) is 13.7. The van der Waals surface area contributed by atoms with E-state index in [0.29, 0.717) is 24.4 Å². The van der Waals surface area contributed by atoms with Crippen molar-refractivity contribution in [3.63, 3.8) is 0 Å². The van der Waals surface area contributed by atoms with Gasteiger partial charge in [-0.2, -0.15) is 0 Å². The molecule has 0 aromatic carbocycles. The van der Waals surface area contributed by atoms with E-state index in [4.69, 9.17) is 0 Å². The number of rotatable bonds is 5. The molecule has 0 aliphatic heterocycles. The summed E-state index contributed by atoms with van der Waals surface area (Å²) in [6, 6.07) is 0.805. The minimum absolute atomic E-state index is 0. The largest absolute Gasteiger partial charge is 2.00 e. The van der Waals surface area contributed by atoms with Crippen molar-refractivity contribution in [2.75, 3.05) is 6.54 Å². The summed E-state index contributed by atoms with van der Waals surface area (Å²) >= 11 is 0. The molecule has 0 atom stereocenters. The minimum atomic E-state index is -1.87. The zero-order valence-corrected chi connectivity index (χ0v) is 14.8. The van der Waals surface area contributed by atoms with Crippen LogP contribution in [0.5, 0.6) is 0 Å². The average Bonchev–Trinajstić information content (AvgIpc) is 3.09. The van der Waals surface area contributed by atoms with Crippen LogP contribution in [-0.4, -0.2) is 30.6 Å². The van der Waals surface area contributed by atoms with E-state index in [1.165, 1.54) is 0 Å². The first-order chi connectivity index (χ1) is 9.93. The van der Waals surface area contributed by atoms with Gasteiger partial charge in [0.05, 0.1) is 0 Å². The summed E-state index contributed by atoms with van der Waals surface area (Å²) in [5.74, 6) is 1.27. The summed E-state index contributed by atoms with van der Waals surface area (Å²) < 4.78 is 0. The SMILES string of the molecule is CC(C)N(C[C]1[CH][CH][CH][C]1B([O-])[O-])C(C)C.[CH]1[CH][CH][CH][CH]1.[Fe+2]. The Morgan fingerprint density at radius 1 is 0.864 bits per heavy atom. The molecule has 0 bridgehead atoms. The van der Waals surface area contributed by atoms with Crippen molar-refractivity contribution in [2.45, 2.75) is 39.8 Å². The molecule has 22 heavy (non-hydrogen) atoms. The van der Waals surface area contributed by atoms with Gasteiger partial charge in [0, 0.05) is 18.6 Å². The van der Waals surface area contributed by atoms with Crippen LogP contribution in [0.15, 0.2) is 0 Å². The molecule has 2 rings (SSSR count). The van der Waals surface area contributed by atoms with Crippen LogP contribution >= 0.6 is 0 Å². The van der Waals surface area contributed by atoms with Crippen molar-refractivity contribution in [1.82, 2.24) is 4.90 Å². The van der Waals surface area contributed by atoms with Crippen LogP contribution in [0.1, 0.15) is 27.7 Å². The molecule has 2 aliphatic rings. The molecule has 0 heterocycles. The molecule has 0 unspecified atom stereocenters. The van der Waals surface area contributed by atoms with Gasteiger partial charge in [-0.3, -0.25) is 4.90 Å². The Balaban J connectivity index is 0.000000622. The number of nitrogens with zero attached hydrogens (tertiary/aromatic N) is 1. The Hall–Kier alpha value is 0.464. The van der Waals surface area contributed by atoms with Gasteiger partial charge in [-0.05, 0) is 85.0 Å². The Kier molecular flexibility index (Phi) is 12.2. The van der Waals surface area contributed by atoms with Gasteiger partial charge in [-0.1, -0.05) is 5.82 Å². The van der Waals surface area contributed by atoms with Gasteiger partial charge in [0.25, 0.3) is 0 Å². The quantitative estimate of drug-likeness (QED) is 0.690. The van der Waals surface area contributed by atoms with E-state index in [1.54, 1.807) is 12.8 Å². The maximum absolute atomic E-state index is 11.0. The van der Waals surface area contributed by atoms with Gasteiger partial charge in [0.15, 0.2) is 0 Å². The van der Waals surface area contributed by atoms with Crippen molar-refractivity contribution in [3.8, 4) is 0 Å². The molecule has 2 fully saturated rings. The fourth-order valence-electron chi connectivity index (χ4n) is 2.32. The van der Waals surface area contributed by atoms with E-state index in [9.17, 15) is 10.0 Å². The third kappa shape index (κ3) is 7.83. The predicted octanol–water partition coefficient (Wildman–Crippen LogP) is 0.648. The van der Waals surface area contributed by atoms with Crippen LogP contribution in [0.4, 0.5) is 0 Å². The topological polar surface area (TPSA) is 49.4 Å². The summed E-state index contributed by atoms with van der Waals surface area (Å²) in [6.45, 7) is 9.16. The van der Waals surface area contributed by atoms with Gasteiger partial charge >= 0.3 is 17.1 Å². The number of hydrogen-bond donors (Lipinski definition) is 0. The Morgan fingerprint density at radius 2 is 1.32 bits per heavy atom.